The Morgan fingerprint density at radius 3 is 1.90 bits per heavy atom. The molecule has 0 aliphatic carbocycles. The van der Waals surface area contributed by atoms with Gasteiger partial charge in [-0.2, -0.15) is 0 Å². The fraction of sp³-hybridized carbons (Fsp3) is 0.875. The highest BCUT2D eigenvalue weighted by Crippen LogP contribution is 2.14. The average Bonchev–Trinajstić information content (AvgIpc) is 2.53. The van der Waals surface area contributed by atoms with Crippen molar-refractivity contribution in [2.75, 3.05) is 39.3 Å². The molecule has 0 aromatic carbocycles. The van der Waals surface area contributed by atoms with Crippen molar-refractivity contribution in [3.8, 4) is 0 Å². The molecular weight excluding hydrogens is 266 g/mol. The summed E-state index contributed by atoms with van der Waals surface area (Å²) < 4.78 is 0. The van der Waals surface area contributed by atoms with E-state index >= 15 is 0 Å². The van der Waals surface area contributed by atoms with Crippen LogP contribution >= 0.6 is 0 Å². The average molecular weight is 295 g/mol. The van der Waals surface area contributed by atoms with Gasteiger partial charge < -0.3 is 14.7 Å². The summed E-state index contributed by atoms with van der Waals surface area (Å²) in [5, 5.41) is 0. The molecule has 2 rings (SSSR count). The van der Waals surface area contributed by atoms with Crippen LogP contribution in [0.25, 0.3) is 0 Å². The highest BCUT2D eigenvalue weighted by molar-refractivity contribution is 5.77. The fourth-order valence-corrected chi connectivity index (χ4v) is 3.00. The van der Waals surface area contributed by atoms with E-state index in [9.17, 15) is 9.59 Å². The predicted molar refractivity (Wildman–Crippen MR) is 83.0 cm³/mol. The van der Waals surface area contributed by atoms with Crippen molar-refractivity contribution in [1.82, 2.24) is 14.7 Å². The van der Waals surface area contributed by atoms with Crippen LogP contribution in [0.15, 0.2) is 0 Å². The van der Waals surface area contributed by atoms with Crippen LogP contribution in [-0.2, 0) is 4.79 Å². The Morgan fingerprint density at radius 1 is 0.810 bits per heavy atom. The molecule has 2 aliphatic rings. The number of hydrogen-bond donors (Lipinski definition) is 0. The molecule has 0 atom stereocenters. The summed E-state index contributed by atoms with van der Waals surface area (Å²) in [5.74, 6) is 0.810. The normalized spacial score (nSPS) is 20.0. The predicted octanol–water partition coefficient (Wildman–Crippen LogP) is 2.17. The second-order valence-corrected chi connectivity index (χ2v) is 6.63. The number of likely N-dealkylation sites (tertiary alicyclic amines) is 1. The maximum Gasteiger partial charge on any atom is 0.320 e. The molecule has 0 saturated carbocycles. The monoisotopic (exact) mass is 295 g/mol. The number of rotatable bonds is 3. The lowest BCUT2D eigenvalue weighted by Crippen LogP contribution is -2.54. The van der Waals surface area contributed by atoms with Gasteiger partial charge in [0.15, 0.2) is 0 Å². The summed E-state index contributed by atoms with van der Waals surface area (Å²) in [5.41, 5.74) is 0. The summed E-state index contributed by atoms with van der Waals surface area (Å²) in [7, 11) is 0. The number of amides is 3. The molecule has 0 radical (unpaired) electrons. The van der Waals surface area contributed by atoms with E-state index in [-0.39, 0.29) is 11.9 Å². The number of urea groups is 1. The van der Waals surface area contributed by atoms with E-state index in [0.717, 1.165) is 32.4 Å². The minimum absolute atomic E-state index is 0.170. The molecule has 21 heavy (non-hydrogen) atoms. The van der Waals surface area contributed by atoms with Crippen molar-refractivity contribution in [1.29, 1.82) is 0 Å². The van der Waals surface area contributed by atoms with Crippen molar-refractivity contribution in [2.45, 2.75) is 46.0 Å². The molecule has 5 nitrogen and oxygen atoms in total. The largest absolute Gasteiger partial charge is 0.339 e. The zero-order valence-corrected chi connectivity index (χ0v) is 13.5. The van der Waals surface area contributed by atoms with Gasteiger partial charge in [-0.05, 0) is 31.6 Å². The zero-order valence-electron chi connectivity index (χ0n) is 13.5. The first kappa shape index (κ1) is 16.1. The minimum atomic E-state index is 0.170. The Morgan fingerprint density at radius 2 is 1.33 bits per heavy atom. The highest BCUT2D eigenvalue weighted by Gasteiger charge is 2.27. The smallest absolute Gasteiger partial charge is 0.320 e. The summed E-state index contributed by atoms with van der Waals surface area (Å²) in [6.45, 7) is 8.82. The number of nitrogens with zero attached hydrogens (tertiary/aromatic N) is 3. The van der Waals surface area contributed by atoms with Crippen LogP contribution in [0.2, 0.25) is 0 Å². The van der Waals surface area contributed by atoms with Crippen LogP contribution in [-0.4, -0.2) is 65.9 Å². The van der Waals surface area contributed by atoms with Crippen LogP contribution in [0, 0.1) is 5.92 Å². The highest BCUT2D eigenvalue weighted by atomic mass is 16.2. The molecule has 2 aliphatic heterocycles. The van der Waals surface area contributed by atoms with Crippen LogP contribution in [0.1, 0.15) is 46.0 Å². The lowest BCUT2D eigenvalue weighted by atomic mass is 10.1. The van der Waals surface area contributed by atoms with E-state index in [1.54, 1.807) is 0 Å². The van der Waals surface area contributed by atoms with Crippen molar-refractivity contribution < 1.29 is 9.59 Å². The molecular formula is C16H29N3O2. The Hall–Kier alpha value is -1.26. The molecule has 5 heteroatoms. The van der Waals surface area contributed by atoms with E-state index < -0.39 is 0 Å². The number of carbonyl (C=O) groups excluding carboxylic acids is 2. The van der Waals surface area contributed by atoms with Crippen molar-refractivity contribution in [3.05, 3.63) is 0 Å². The second kappa shape index (κ2) is 7.66. The molecule has 3 amide bonds. The molecule has 2 saturated heterocycles. The third kappa shape index (κ3) is 4.61. The minimum Gasteiger partial charge on any atom is -0.339 e. The molecule has 0 N–H and O–H groups in total. The molecule has 0 aromatic rings. The Labute approximate surface area is 128 Å². The first-order chi connectivity index (χ1) is 10.1. The van der Waals surface area contributed by atoms with Crippen LogP contribution in [0.3, 0.4) is 0 Å². The fourth-order valence-electron chi connectivity index (χ4n) is 3.00. The number of piperazine rings is 1. The van der Waals surface area contributed by atoms with Crippen LogP contribution in [0.5, 0.6) is 0 Å². The van der Waals surface area contributed by atoms with Crippen LogP contribution < -0.4 is 0 Å². The van der Waals surface area contributed by atoms with Gasteiger partial charge in [0.1, 0.15) is 0 Å². The van der Waals surface area contributed by atoms with E-state index in [1.807, 2.05) is 14.7 Å². The molecule has 0 bridgehead atoms. The molecule has 0 spiro atoms. The van der Waals surface area contributed by atoms with Gasteiger partial charge in [0.2, 0.25) is 5.91 Å². The SMILES string of the molecule is CC(C)CCC(=O)N1CCN(C(=O)N2CCCCC2)CC1. The topological polar surface area (TPSA) is 43.9 Å². The van der Waals surface area contributed by atoms with E-state index in [4.69, 9.17) is 0 Å². The van der Waals surface area contributed by atoms with Gasteiger partial charge in [-0.3, -0.25) is 4.79 Å². The molecule has 120 valence electrons. The molecule has 0 unspecified atom stereocenters. The van der Waals surface area contributed by atoms with E-state index in [2.05, 4.69) is 13.8 Å². The third-order valence-corrected chi connectivity index (χ3v) is 4.47. The Balaban J connectivity index is 1.74. The molecule has 2 heterocycles. The first-order valence-corrected chi connectivity index (χ1v) is 8.39. The molecule has 0 aromatic heterocycles. The van der Waals surface area contributed by atoms with Gasteiger partial charge in [-0.25, -0.2) is 4.79 Å². The van der Waals surface area contributed by atoms with Gasteiger partial charge in [-0.15, -0.1) is 0 Å². The lowest BCUT2D eigenvalue weighted by Gasteiger charge is -2.38. The second-order valence-electron chi connectivity index (χ2n) is 6.63. The van der Waals surface area contributed by atoms with Crippen LogP contribution in [0.4, 0.5) is 4.79 Å². The summed E-state index contributed by atoms with van der Waals surface area (Å²) >= 11 is 0. The first-order valence-electron chi connectivity index (χ1n) is 8.39. The number of hydrogen-bond acceptors (Lipinski definition) is 2. The summed E-state index contributed by atoms with van der Waals surface area (Å²) in [4.78, 5) is 30.3. The van der Waals surface area contributed by atoms with Gasteiger partial charge in [0.25, 0.3) is 0 Å². The van der Waals surface area contributed by atoms with Crippen molar-refractivity contribution in [3.63, 3.8) is 0 Å². The zero-order chi connectivity index (χ0) is 15.2. The van der Waals surface area contributed by atoms with Gasteiger partial charge in [-0.1, -0.05) is 13.8 Å². The third-order valence-electron chi connectivity index (χ3n) is 4.47. The molecule has 2 fully saturated rings. The Kier molecular flexibility index (Phi) is 5.88. The lowest BCUT2D eigenvalue weighted by molar-refractivity contribution is -0.132. The van der Waals surface area contributed by atoms with Gasteiger partial charge in [0.05, 0.1) is 0 Å². The Bertz CT molecular complexity index is 357. The standard InChI is InChI=1S/C16H29N3O2/c1-14(2)6-7-15(20)17-10-12-19(13-11-17)16(21)18-8-4-3-5-9-18/h14H,3-13H2,1-2H3. The number of carbonyl (C=O) groups is 2. The van der Waals surface area contributed by atoms with E-state index in [0.29, 0.717) is 38.5 Å². The number of piperidine rings is 1. The van der Waals surface area contributed by atoms with E-state index in [1.165, 1.54) is 6.42 Å². The quantitative estimate of drug-likeness (QED) is 0.801. The van der Waals surface area contributed by atoms with Crippen molar-refractivity contribution in [2.24, 2.45) is 5.92 Å². The maximum atomic E-state index is 12.4. The van der Waals surface area contributed by atoms with Gasteiger partial charge >= 0.3 is 6.03 Å². The maximum absolute atomic E-state index is 12.4. The van der Waals surface area contributed by atoms with Gasteiger partial charge in [0, 0.05) is 45.7 Å². The summed E-state index contributed by atoms with van der Waals surface area (Å²) in [6.07, 6.45) is 5.07. The van der Waals surface area contributed by atoms with Crippen molar-refractivity contribution >= 4 is 11.9 Å². The summed E-state index contributed by atoms with van der Waals surface area (Å²) in [6, 6.07) is 0.170.